The number of aromatic nitrogens is 6. The van der Waals surface area contributed by atoms with Crippen LogP contribution in [0.2, 0.25) is 0 Å². The maximum absolute atomic E-state index is 12.1. The topological polar surface area (TPSA) is 155 Å². The van der Waals surface area contributed by atoms with Gasteiger partial charge in [-0.3, -0.25) is 0 Å². The van der Waals surface area contributed by atoms with Gasteiger partial charge in [0.15, 0.2) is 0 Å². The zero-order chi connectivity index (χ0) is 21.0. The second-order valence-electron chi connectivity index (χ2n) is 6.62. The summed E-state index contributed by atoms with van der Waals surface area (Å²) in [6.45, 7) is 1.50. The molecule has 0 unspecified atom stereocenters. The van der Waals surface area contributed by atoms with E-state index >= 15 is 0 Å². The third-order valence-corrected chi connectivity index (χ3v) is 5.54. The number of hydrogen-bond acceptors (Lipinski definition) is 7. The van der Waals surface area contributed by atoms with E-state index in [1.807, 2.05) is 30.5 Å². The Labute approximate surface area is 173 Å². The molecule has 5 N–H and O–H groups in total. The number of tetrazole rings is 1. The fourth-order valence-electron chi connectivity index (χ4n) is 3.18. The van der Waals surface area contributed by atoms with E-state index in [1.54, 1.807) is 18.3 Å². The lowest BCUT2D eigenvalue weighted by Crippen LogP contribution is -2.17. The van der Waals surface area contributed by atoms with Gasteiger partial charge in [0.1, 0.15) is 5.82 Å². The highest BCUT2D eigenvalue weighted by Gasteiger charge is 2.22. The highest BCUT2D eigenvalue weighted by atomic mass is 32.2. The number of aromatic amines is 2. The molecule has 0 radical (unpaired) electrons. The van der Waals surface area contributed by atoms with Gasteiger partial charge in [0.25, 0.3) is 0 Å². The quantitative estimate of drug-likeness (QED) is 0.310. The van der Waals surface area contributed by atoms with E-state index < -0.39 is 10.0 Å². The minimum Gasteiger partial charge on any atom is -0.349 e. The first kappa shape index (κ1) is 19.9. The van der Waals surface area contributed by atoms with Crippen molar-refractivity contribution in [2.75, 3.05) is 6.54 Å². The van der Waals surface area contributed by atoms with E-state index in [0.29, 0.717) is 17.7 Å². The van der Waals surface area contributed by atoms with Crippen molar-refractivity contribution in [1.82, 2.24) is 35.9 Å². The summed E-state index contributed by atoms with van der Waals surface area (Å²) in [7, 11) is -3.97. The fraction of sp³-hybridized carbons (Fsp3) is 0.158. The van der Waals surface area contributed by atoms with Crippen molar-refractivity contribution in [3.63, 3.8) is 0 Å². The first-order valence-corrected chi connectivity index (χ1v) is 10.7. The van der Waals surface area contributed by atoms with Crippen LogP contribution in [0.25, 0.3) is 22.5 Å². The van der Waals surface area contributed by atoms with Crippen LogP contribution in [0.15, 0.2) is 59.8 Å². The van der Waals surface area contributed by atoms with E-state index in [1.165, 1.54) is 6.07 Å². The molecule has 0 aliphatic carbocycles. The third kappa shape index (κ3) is 4.43. The van der Waals surface area contributed by atoms with Gasteiger partial charge in [0.2, 0.25) is 15.8 Å². The van der Waals surface area contributed by atoms with Crippen molar-refractivity contribution in [3.05, 3.63) is 66.2 Å². The molecule has 2 heterocycles. The van der Waals surface area contributed by atoms with Gasteiger partial charge in [-0.05, 0) is 28.0 Å². The molecule has 0 saturated heterocycles. The Morgan fingerprint density at radius 2 is 1.93 bits per heavy atom. The van der Waals surface area contributed by atoms with Crippen molar-refractivity contribution in [2.45, 2.75) is 17.9 Å². The number of nitrogens with two attached hydrogens (primary N) is 1. The van der Waals surface area contributed by atoms with Crippen LogP contribution in [0.5, 0.6) is 0 Å². The van der Waals surface area contributed by atoms with Gasteiger partial charge in [0, 0.05) is 31.9 Å². The number of H-pyrrole nitrogens is 2. The SMILES string of the molecule is NS(=O)(=O)c1cccc(-c2ccc(CNCCc3ncc[nH]3)cc2)c1-c1nn[nH]n1. The molecule has 0 saturated carbocycles. The van der Waals surface area contributed by atoms with Gasteiger partial charge >= 0.3 is 0 Å². The van der Waals surface area contributed by atoms with Crippen LogP contribution in [0, 0.1) is 0 Å². The minimum atomic E-state index is -3.97. The second-order valence-corrected chi connectivity index (χ2v) is 8.15. The molecule has 4 rings (SSSR count). The monoisotopic (exact) mass is 424 g/mol. The van der Waals surface area contributed by atoms with Crippen LogP contribution >= 0.6 is 0 Å². The number of nitrogens with one attached hydrogen (secondary N) is 3. The molecular formula is C19H20N8O2S. The largest absolute Gasteiger partial charge is 0.349 e. The molecule has 0 aliphatic heterocycles. The first-order valence-electron chi connectivity index (χ1n) is 9.20. The van der Waals surface area contributed by atoms with Crippen molar-refractivity contribution in [1.29, 1.82) is 0 Å². The Balaban J connectivity index is 1.55. The molecule has 0 atom stereocenters. The van der Waals surface area contributed by atoms with Crippen molar-refractivity contribution < 1.29 is 8.42 Å². The number of benzene rings is 2. The average molecular weight is 424 g/mol. The molecule has 4 aromatic rings. The number of nitrogens with zero attached hydrogens (tertiary/aromatic N) is 4. The Kier molecular flexibility index (Phi) is 5.65. The molecular weight excluding hydrogens is 404 g/mol. The normalized spacial score (nSPS) is 11.6. The summed E-state index contributed by atoms with van der Waals surface area (Å²) >= 11 is 0. The van der Waals surface area contributed by atoms with Crippen LogP contribution in [-0.4, -0.2) is 45.6 Å². The number of sulfonamides is 1. The molecule has 10 nitrogen and oxygen atoms in total. The summed E-state index contributed by atoms with van der Waals surface area (Å²) in [4.78, 5) is 7.22. The summed E-state index contributed by atoms with van der Waals surface area (Å²) in [5.74, 6) is 1.11. The molecule has 2 aromatic heterocycles. The summed E-state index contributed by atoms with van der Waals surface area (Å²) in [5, 5.41) is 22.6. The first-order chi connectivity index (χ1) is 14.5. The highest BCUT2D eigenvalue weighted by molar-refractivity contribution is 7.89. The standard InChI is InChI=1S/C19H20N8O2S/c20-30(28,29)16-3-1-2-15(18(16)19-24-26-27-25-19)14-6-4-13(5-7-14)12-21-9-8-17-22-10-11-23-17/h1-7,10-11,21H,8-9,12H2,(H,22,23)(H2,20,28,29)(H,24,25,26,27). The van der Waals surface area contributed by atoms with E-state index in [4.69, 9.17) is 5.14 Å². The van der Waals surface area contributed by atoms with Gasteiger partial charge in [-0.15, -0.1) is 10.2 Å². The van der Waals surface area contributed by atoms with Crippen molar-refractivity contribution in [2.24, 2.45) is 5.14 Å². The number of primary sulfonamides is 1. The molecule has 0 aliphatic rings. The van der Waals surface area contributed by atoms with Crippen LogP contribution in [0.1, 0.15) is 11.4 Å². The molecule has 0 fully saturated rings. The lowest BCUT2D eigenvalue weighted by molar-refractivity contribution is 0.598. The lowest BCUT2D eigenvalue weighted by atomic mass is 9.98. The number of rotatable bonds is 8. The van der Waals surface area contributed by atoms with Gasteiger partial charge in [-0.2, -0.15) is 5.21 Å². The zero-order valence-corrected chi connectivity index (χ0v) is 16.7. The van der Waals surface area contributed by atoms with Crippen LogP contribution in [-0.2, 0) is 23.0 Å². The maximum atomic E-state index is 12.1. The summed E-state index contributed by atoms with van der Waals surface area (Å²) in [6, 6.07) is 12.7. The predicted molar refractivity (Wildman–Crippen MR) is 110 cm³/mol. The van der Waals surface area contributed by atoms with Gasteiger partial charge in [-0.25, -0.2) is 18.5 Å². The van der Waals surface area contributed by atoms with Crippen LogP contribution in [0.4, 0.5) is 0 Å². The van der Waals surface area contributed by atoms with Crippen molar-refractivity contribution >= 4 is 10.0 Å². The Morgan fingerprint density at radius 3 is 2.60 bits per heavy atom. The third-order valence-electron chi connectivity index (χ3n) is 4.59. The Hall–Kier alpha value is -3.41. The van der Waals surface area contributed by atoms with E-state index in [2.05, 4.69) is 35.9 Å². The smallest absolute Gasteiger partial charge is 0.238 e. The minimum absolute atomic E-state index is 0.0509. The number of hydrogen-bond donors (Lipinski definition) is 4. The Bertz CT molecular complexity index is 1200. The molecule has 0 amide bonds. The Morgan fingerprint density at radius 1 is 1.10 bits per heavy atom. The fourth-order valence-corrected chi connectivity index (χ4v) is 3.94. The van der Waals surface area contributed by atoms with E-state index in [0.717, 1.165) is 29.9 Å². The molecule has 0 bridgehead atoms. The van der Waals surface area contributed by atoms with Gasteiger partial charge in [-0.1, -0.05) is 36.4 Å². The van der Waals surface area contributed by atoms with Crippen LogP contribution < -0.4 is 10.5 Å². The average Bonchev–Trinajstić information content (AvgIpc) is 3.45. The molecule has 30 heavy (non-hydrogen) atoms. The predicted octanol–water partition coefficient (Wildman–Crippen LogP) is 1.24. The number of imidazole rings is 1. The van der Waals surface area contributed by atoms with E-state index in [9.17, 15) is 8.42 Å². The molecule has 11 heteroatoms. The van der Waals surface area contributed by atoms with Gasteiger partial charge < -0.3 is 10.3 Å². The molecule has 0 spiro atoms. The molecule has 2 aromatic carbocycles. The van der Waals surface area contributed by atoms with E-state index in [-0.39, 0.29) is 10.7 Å². The molecule has 154 valence electrons. The zero-order valence-electron chi connectivity index (χ0n) is 15.9. The summed E-state index contributed by atoms with van der Waals surface area (Å²) in [6.07, 6.45) is 4.36. The van der Waals surface area contributed by atoms with Crippen LogP contribution in [0.3, 0.4) is 0 Å². The highest BCUT2D eigenvalue weighted by Crippen LogP contribution is 2.34. The summed E-state index contributed by atoms with van der Waals surface area (Å²) < 4.78 is 24.2. The lowest BCUT2D eigenvalue weighted by Gasteiger charge is -2.12. The van der Waals surface area contributed by atoms with Crippen molar-refractivity contribution in [3.8, 4) is 22.5 Å². The maximum Gasteiger partial charge on any atom is 0.238 e. The van der Waals surface area contributed by atoms with Gasteiger partial charge in [0.05, 0.1) is 10.5 Å². The second kappa shape index (κ2) is 8.53. The summed E-state index contributed by atoms with van der Waals surface area (Å²) in [5.41, 5.74) is 2.89.